The lowest BCUT2D eigenvalue weighted by atomic mass is 10.2. The van der Waals surface area contributed by atoms with Crippen molar-refractivity contribution in [2.45, 2.75) is 34.1 Å². The fourth-order valence-electron chi connectivity index (χ4n) is 1.41. The summed E-state index contributed by atoms with van der Waals surface area (Å²) in [6, 6.07) is 0. The van der Waals surface area contributed by atoms with Gasteiger partial charge in [-0.15, -0.1) is 0 Å². The van der Waals surface area contributed by atoms with Crippen molar-refractivity contribution in [2.24, 2.45) is 10.9 Å². The molecule has 0 fully saturated rings. The van der Waals surface area contributed by atoms with Gasteiger partial charge in [0.25, 0.3) is 0 Å². The monoisotopic (exact) mass is 286 g/mol. The molecule has 1 amide bonds. The molecule has 0 radical (unpaired) electrons. The van der Waals surface area contributed by atoms with Crippen molar-refractivity contribution in [3.05, 3.63) is 0 Å². The zero-order chi connectivity index (χ0) is 15.2. The molecule has 0 aliphatic rings. The first-order valence-electron chi connectivity index (χ1n) is 7.49. The van der Waals surface area contributed by atoms with E-state index in [2.05, 4.69) is 20.9 Å². The van der Waals surface area contributed by atoms with Crippen LogP contribution >= 0.6 is 0 Å². The van der Waals surface area contributed by atoms with Gasteiger partial charge in [-0.3, -0.25) is 9.79 Å². The lowest BCUT2D eigenvalue weighted by Crippen LogP contribution is -2.42. The molecule has 0 rings (SSSR count). The highest BCUT2D eigenvalue weighted by atomic mass is 16.5. The number of hydrogen-bond donors (Lipinski definition) is 3. The molecule has 0 heterocycles. The molecule has 0 aromatic heterocycles. The maximum Gasteiger partial charge on any atom is 0.222 e. The molecule has 0 spiro atoms. The van der Waals surface area contributed by atoms with Gasteiger partial charge in [0, 0.05) is 45.3 Å². The zero-order valence-corrected chi connectivity index (χ0v) is 13.3. The van der Waals surface area contributed by atoms with Crippen molar-refractivity contribution < 1.29 is 9.53 Å². The molecule has 0 aliphatic heterocycles. The van der Waals surface area contributed by atoms with Crippen LogP contribution in [-0.2, 0) is 9.53 Å². The number of nitrogens with zero attached hydrogens (tertiary/aromatic N) is 1. The first-order valence-corrected chi connectivity index (χ1v) is 7.49. The smallest absolute Gasteiger partial charge is 0.222 e. The first kappa shape index (κ1) is 18.7. The summed E-state index contributed by atoms with van der Waals surface area (Å²) in [6.07, 6.45) is 0.911. The summed E-state index contributed by atoms with van der Waals surface area (Å²) >= 11 is 0. The minimum Gasteiger partial charge on any atom is -0.382 e. The van der Waals surface area contributed by atoms with Gasteiger partial charge in [0.15, 0.2) is 5.96 Å². The molecule has 0 atom stereocenters. The standard InChI is InChI=1S/C14H30N4O2/c1-5-15-14(17-8-7-11-20-6-2)18-10-9-16-13(19)12(3)4/h12H,5-11H2,1-4H3,(H,16,19)(H2,15,17,18). The van der Waals surface area contributed by atoms with Crippen molar-refractivity contribution in [3.63, 3.8) is 0 Å². The molecule has 3 N–H and O–H groups in total. The van der Waals surface area contributed by atoms with Crippen LogP contribution < -0.4 is 16.0 Å². The number of ether oxygens (including phenoxy) is 1. The molecule has 0 bridgehead atoms. The molecular weight excluding hydrogens is 256 g/mol. The number of hydrogen-bond acceptors (Lipinski definition) is 3. The van der Waals surface area contributed by atoms with E-state index in [9.17, 15) is 4.79 Å². The highest BCUT2D eigenvalue weighted by Crippen LogP contribution is 1.89. The Labute approximate surface area is 122 Å². The number of nitrogens with one attached hydrogen (secondary N) is 3. The number of amides is 1. The van der Waals surface area contributed by atoms with Crippen LogP contribution in [0.4, 0.5) is 0 Å². The fraction of sp³-hybridized carbons (Fsp3) is 0.857. The minimum absolute atomic E-state index is 0.0236. The highest BCUT2D eigenvalue weighted by molar-refractivity contribution is 5.80. The Morgan fingerprint density at radius 1 is 1.15 bits per heavy atom. The zero-order valence-electron chi connectivity index (χ0n) is 13.3. The topological polar surface area (TPSA) is 74.8 Å². The SMILES string of the molecule is CCNC(=NCCCOCC)NCCNC(=O)C(C)C. The second-order valence-electron chi connectivity index (χ2n) is 4.68. The van der Waals surface area contributed by atoms with E-state index in [-0.39, 0.29) is 11.8 Å². The minimum atomic E-state index is 0.0236. The molecule has 0 aromatic rings. The first-order chi connectivity index (χ1) is 9.61. The molecule has 0 aromatic carbocycles. The van der Waals surface area contributed by atoms with Gasteiger partial charge in [-0.05, 0) is 20.3 Å². The van der Waals surface area contributed by atoms with Crippen molar-refractivity contribution in [1.82, 2.24) is 16.0 Å². The highest BCUT2D eigenvalue weighted by Gasteiger charge is 2.04. The third kappa shape index (κ3) is 10.6. The molecule has 0 saturated carbocycles. The Hall–Kier alpha value is -1.30. The largest absolute Gasteiger partial charge is 0.382 e. The summed E-state index contributed by atoms with van der Waals surface area (Å²) in [5.74, 6) is 0.878. The van der Waals surface area contributed by atoms with Crippen LogP contribution in [0.5, 0.6) is 0 Å². The van der Waals surface area contributed by atoms with Crippen LogP contribution in [0, 0.1) is 5.92 Å². The van der Waals surface area contributed by atoms with Gasteiger partial charge < -0.3 is 20.7 Å². The molecule has 118 valence electrons. The van der Waals surface area contributed by atoms with Gasteiger partial charge >= 0.3 is 0 Å². The predicted octanol–water partition coefficient (Wildman–Crippen LogP) is 0.740. The fourth-order valence-corrected chi connectivity index (χ4v) is 1.41. The maximum absolute atomic E-state index is 11.4. The van der Waals surface area contributed by atoms with Gasteiger partial charge in [-0.2, -0.15) is 0 Å². The van der Waals surface area contributed by atoms with Crippen LogP contribution in [0.1, 0.15) is 34.1 Å². The molecule has 6 nitrogen and oxygen atoms in total. The molecule has 0 aliphatic carbocycles. The van der Waals surface area contributed by atoms with E-state index in [1.807, 2.05) is 27.7 Å². The van der Waals surface area contributed by atoms with Gasteiger partial charge in [-0.1, -0.05) is 13.8 Å². The Balaban J connectivity index is 3.83. The Bertz CT molecular complexity index is 280. The van der Waals surface area contributed by atoms with E-state index < -0.39 is 0 Å². The Morgan fingerprint density at radius 3 is 2.45 bits per heavy atom. The Kier molecular flexibility index (Phi) is 11.9. The van der Waals surface area contributed by atoms with Crippen molar-refractivity contribution in [1.29, 1.82) is 0 Å². The molecule has 6 heteroatoms. The Morgan fingerprint density at radius 2 is 1.85 bits per heavy atom. The lowest BCUT2D eigenvalue weighted by molar-refractivity contribution is -0.123. The summed E-state index contributed by atoms with van der Waals surface area (Å²) in [5, 5.41) is 9.22. The lowest BCUT2D eigenvalue weighted by Gasteiger charge is -2.12. The summed E-state index contributed by atoms with van der Waals surface area (Å²) in [7, 11) is 0. The van der Waals surface area contributed by atoms with E-state index in [0.29, 0.717) is 13.1 Å². The molecule has 20 heavy (non-hydrogen) atoms. The normalized spacial score (nSPS) is 11.6. The van der Waals surface area contributed by atoms with Crippen molar-refractivity contribution >= 4 is 11.9 Å². The second kappa shape index (κ2) is 12.7. The van der Waals surface area contributed by atoms with Gasteiger partial charge in [0.2, 0.25) is 5.91 Å². The number of guanidine groups is 1. The summed E-state index contributed by atoms with van der Waals surface area (Å²) in [5.41, 5.74) is 0. The van der Waals surface area contributed by atoms with E-state index >= 15 is 0 Å². The van der Waals surface area contributed by atoms with E-state index in [1.54, 1.807) is 0 Å². The van der Waals surface area contributed by atoms with E-state index in [1.165, 1.54) is 0 Å². The van der Waals surface area contributed by atoms with Crippen LogP contribution in [-0.4, -0.2) is 51.3 Å². The van der Waals surface area contributed by atoms with Crippen LogP contribution in [0.15, 0.2) is 4.99 Å². The van der Waals surface area contributed by atoms with Gasteiger partial charge in [0.05, 0.1) is 0 Å². The molecule has 0 unspecified atom stereocenters. The number of carbonyl (C=O) groups excluding carboxylic acids is 1. The van der Waals surface area contributed by atoms with Crippen LogP contribution in [0.2, 0.25) is 0 Å². The average Bonchev–Trinajstić information content (AvgIpc) is 2.42. The summed E-state index contributed by atoms with van der Waals surface area (Å²) in [4.78, 5) is 15.8. The average molecular weight is 286 g/mol. The maximum atomic E-state index is 11.4. The number of carbonyl (C=O) groups is 1. The second-order valence-corrected chi connectivity index (χ2v) is 4.68. The quantitative estimate of drug-likeness (QED) is 0.315. The van der Waals surface area contributed by atoms with Gasteiger partial charge in [0.1, 0.15) is 0 Å². The van der Waals surface area contributed by atoms with Crippen LogP contribution in [0.3, 0.4) is 0 Å². The van der Waals surface area contributed by atoms with E-state index in [4.69, 9.17) is 4.74 Å². The third-order valence-corrected chi connectivity index (χ3v) is 2.51. The number of rotatable bonds is 10. The third-order valence-electron chi connectivity index (χ3n) is 2.51. The molecular formula is C14H30N4O2. The van der Waals surface area contributed by atoms with Crippen LogP contribution in [0.25, 0.3) is 0 Å². The van der Waals surface area contributed by atoms with Crippen molar-refractivity contribution in [2.75, 3.05) is 39.4 Å². The predicted molar refractivity (Wildman–Crippen MR) is 82.9 cm³/mol. The molecule has 0 saturated heterocycles. The van der Waals surface area contributed by atoms with Crippen molar-refractivity contribution in [3.8, 4) is 0 Å². The van der Waals surface area contributed by atoms with Gasteiger partial charge in [-0.25, -0.2) is 0 Å². The summed E-state index contributed by atoms with van der Waals surface area (Å²) in [6.45, 7) is 12.1. The number of aliphatic imine (C=N–C) groups is 1. The summed E-state index contributed by atoms with van der Waals surface area (Å²) < 4.78 is 5.26. The van der Waals surface area contributed by atoms with E-state index in [0.717, 1.165) is 38.7 Å².